The summed E-state index contributed by atoms with van der Waals surface area (Å²) in [6.07, 6.45) is 1.66. The number of ether oxygens (including phenoxy) is 1. The molecule has 4 atom stereocenters. The number of imide groups is 1. The first-order chi connectivity index (χ1) is 15.9. The number of hydrogen-bond donors (Lipinski definition) is 0. The first-order valence-corrected chi connectivity index (χ1v) is 11.5. The summed E-state index contributed by atoms with van der Waals surface area (Å²) < 4.78 is 5.00. The molecule has 3 aliphatic heterocycles. The van der Waals surface area contributed by atoms with Crippen molar-refractivity contribution in [2.24, 2.45) is 11.8 Å². The molecule has 0 aromatic heterocycles. The van der Waals surface area contributed by atoms with Crippen LogP contribution in [0.5, 0.6) is 0 Å². The van der Waals surface area contributed by atoms with Crippen LogP contribution in [0.1, 0.15) is 40.5 Å². The van der Waals surface area contributed by atoms with Gasteiger partial charge in [-0.05, 0) is 74.8 Å². The minimum Gasteiger partial charge on any atom is -0.462 e. The number of esters is 1. The lowest BCUT2D eigenvalue weighted by molar-refractivity contribution is -0.123. The lowest BCUT2D eigenvalue weighted by Gasteiger charge is -2.27. The fraction of sp³-hybridized carbons (Fsp3) is 0.360. The average molecular weight is 467 g/mol. The summed E-state index contributed by atoms with van der Waals surface area (Å²) in [7, 11) is 0. The number of benzene rings is 2. The third kappa shape index (κ3) is 3.47. The van der Waals surface area contributed by atoms with Gasteiger partial charge in [0.1, 0.15) is 0 Å². The highest BCUT2D eigenvalue weighted by molar-refractivity contribution is 6.30. The normalized spacial score (nSPS) is 26.4. The summed E-state index contributed by atoms with van der Waals surface area (Å²) >= 11 is 5.98. The Morgan fingerprint density at radius 3 is 2.27 bits per heavy atom. The Hall–Kier alpha value is -3.03. The maximum Gasteiger partial charge on any atom is 0.338 e. The molecule has 3 saturated heterocycles. The van der Waals surface area contributed by atoms with Crippen molar-refractivity contribution >= 4 is 40.9 Å². The SMILES string of the molecule is CCOC(=O)c1ccc(N2C(=O)[C@@H]3[C@H](C2=O)[C@H]2CCCN2[C@@H]3C(=O)c2ccc(Cl)cc2)cc1. The van der Waals surface area contributed by atoms with Gasteiger partial charge in [0.25, 0.3) is 0 Å². The van der Waals surface area contributed by atoms with Crippen LogP contribution in [-0.2, 0) is 14.3 Å². The monoisotopic (exact) mass is 466 g/mol. The largest absolute Gasteiger partial charge is 0.462 e. The van der Waals surface area contributed by atoms with E-state index in [0.29, 0.717) is 28.4 Å². The van der Waals surface area contributed by atoms with E-state index >= 15 is 0 Å². The zero-order chi connectivity index (χ0) is 23.3. The first kappa shape index (κ1) is 21.8. The molecule has 8 heteroatoms. The molecule has 3 heterocycles. The number of nitrogens with zero attached hydrogens (tertiary/aromatic N) is 2. The van der Waals surface area contributed by atoms with E-state index in [9.17, 15) is 19.2 Å². The van der Waals surface area contributed by atoms with Crippen molar-refractivity contribution in [1.82, 2.24) is 4.90 Å². The van der Waals surface area contributed by atoms with Crippen molar-refractivity contribution in [3.63, 3.8) is 0 Å². The number of halogens is 1. The first-order valence-electron chi connectivity index (χ1n) is 11.1. The second-order valence-electron chi connectivity index (χ2n) is 8.59. The van der Waals surface area contributed by atoms with Crippen molar-refractivity contribution in [3.8, 4) is 0 Å². The number of anilines is 1. The molecule has 170 valence electrons. The summed E-state index contributed by atoms with van der Waals surface area (Å²) in [6, 6.07) is 12.1. The number of ketones is 1. The van der Waals surface area contributed by atoms with Crippen LogP contribution in [0.25, 0.3) is 0 Å². The third-order valence-electron chi connectivity index (χ3n) is 6.89. The molecule has 5 rings (SSSR count). The molecular weight excluding hydrogens is 444 g/mol. The van der Waals surface area contributed by atoms with Crippen LogP contribution in [0.15, 0.2) is 48.5 Å². The van der Waals surface area contributed by atoms with E-state index in [4.69, 9.17) is 16.3 Å². The Kier molecular flexibility index (Phi) is 5.54. The summed E-state index contributed by atoms with van der Waals surface area (Å²) in [4.78, 5) is 55.7. The molecule has 0 unspecified atom stereocenters. The summed E-state index contributed by atoms with van der Waals surface area (Å²) in [5.74, 6) is -2.54. The van der Waals surface area contributed by atoms with Crippen molar-refractivity contribution < 1.29 is 23.9 Å². The van der Waals surface area contributed by atoms with Gasteiger partial charge in [-0.25, -0.2) is 9.69 Å². The fourth-order valence-electron chi connectivity index (χ4n) is 5.52. The van der Waals surface area contributed by atoms with E-state index < -0.39 is 23.8 Å². The number of amides is 2. The second-order valence-corrected chi connectivity index (χ2v) is 9.03. The van der Waals surface area contributed by atoms with Crippen molar-refractivity contribution in [2.45, 2.75) is 31.8 Å². The van der Waals surface area contributed by atoms with Crippen LogP contribution < -0.4 is 4.90 Å². The topological polar surface area (TPSA) is 84.0 Å². The number of hydrogen-bond acceptors (Lipinski definition) is 6. The van der Waals surface area contributed by atoms with Gasteiger partial charge >= 0.3 is 5.97 Å². The number of Topliss-reactive ketones (excluding diaryl/α,β-unsaturated/α-hetero) is 1. The maximum absolute atomic E-state index is 13.6. The van der Waals surface area contributed by atoms with Gasteiger partial charge < -0.3 is 4.74 Å². The zero-order valence-electron chi connectivity index (χ0n) is 18.1. The molecule has 2 aromatic carbocycles. The minimum absolute atomic E-state index is 0.128. The number of carbonyl (C=O) groups excluding carboxylic acids is 4. The molecular formula is C25H23ClN2O5. The third-order valence-corrected chi connectivity index (χ3v) is 7.14. The Morgan fingerprint density at radius 2 is 1.61 bits per heavy atom. The van der Waals surface area contributed by atoms with E-state index in [-0.39, 0.29) is 30.2 Å². The molecule has 0 aliphatic carbocycles. The second kappa shape index (κ2) is 8.39. The average Bonchev–Trinajstić information content (AvgIpc) is 3.46. The molecule has 7 nitrogen and oxygen atoms in total. The molecule has 2 aromatic rings. The van der Waals surface area contributed by atoms with Crippen LogP contribution >= 0.6 is 11.6 Å². The molecule has 3 aliphatic rings. The van der Waals surface area contributed by atoms with Gasteiger partial charge in [-0.15, -0.1) is 0 Å². The van der Waals surface area contributed by atoms with E-state index in [1.807, 2.05) is 4.90 Å². The molecule has 0 N–H and O–H groups in total. The lowest BCUT2D eigenvalue weighted by atomic mass is 9.85. The van der Waals surface area contributed by atoms with E-state index in [1.165, 1.54) is 4.90 Å². The summed E-state index contributed by atoms with van der Waals surface area (Å²) in [5.41, 5.74) is 1.22. The van der Waals surface area contributed by atoms with Gasteiger partial charge in [-0.3, -0.25) is 19.3 Å². The van der Waals surface area contributed by atoms with Gasteiger partial charge in [-0.2, -0.15) is 0 Å². The highest BCUT2D eigenvalue weighted by Gasteiger charge is 2.64. The Bertz CT molecular complexity index is 1130. The lowest BCUT2D eigenvalue weighted by Crippen LogP contribution is -2.46. The summed E-state index contributed by atoms with van der Waals surface area (Å²) in [6.45, 7) is 2.67. The Labute approximate surface area is 196 Å². The number of carbonyl (C=O) groups is 4. The number of rotatable bonds is 5. The standard InChI is InChI=1S/C25H23ClN2O5/c1-2-33-25(32)15-7-11-17(12-8-15)28-23(30)19-18-4-3-13-27(18)21(20(19)24(28)31)22(29)14-5-9-16(26)10-6-14/h5-12,18-21H,2-4,13H2,1H3/t18-,19-,20-,21+/m1/s1. The maximum atomic E-state index is 13.6. The van der Waals surface area contributed by atoms with E-state index in [2.05, 4.69) is 0 Å². The summed E-state index contributed by atoms with van der Waals surface area (Å²) in [5, 5.41) is 0.527. The van der Waals surface area contributed by atoms with Gasteiger partial charge in [0, 0.05) is 16.6 Å². The van der Waals surface area contributed by atoms with Crippen molar-refractivity contribution in [3.05, 3.63) is 64.7 Å². The van der Waals surface area contributed by atoms with Crippen molar-refractivity contribution in [2.75, 3.05) is 18.1 Å². The molecule has 0 bridgehead atoms. The van der Waals surface area contributed by atoms with Crippen LogP contribution in [0.2, 0.25) is 5.02 Å². The van der Waals surface area contributed by atoms with Gasteiger partial charge in [0.05, 0.1) is 35.7 Å². The van der Waals surface area contributed by atoms with Gasteiger partial charge in [-0.1, -0.05) is 11.6 Å². The zero-order valence-corrected chi connectivity index (χ0v) is 18.8. The van der Waals surface area contributed by atoms with Crippen LogP contribution in [0.4, 0.5) is 5.69 Å². The molecule has 2 amide bonds. The molecule has 3 fully saturated rings. The van der Waals surface area contributed by atoms with Gasteiger partial charge in [0.2, 0.25) is 11.8 Å². The molecule has 33 heavy (non-hydrogen) atoms. The Morgan fingerprint density at radius 1 is 0.970 bits per heavy atom. The highest BCUT2D eigenvalue weighted by Crippen LogP contribution is 2.48. The molecule has 0 saturated carbocycles. The quantitative estimate of drug-likeness (QED) is 0.382. The number of fused-ring (bicyclic) bond motifs is 3. The van der Waals surface area contributed by atoms with Gasteiger partial charge in [0.15, 0.2) is 5.78 Å². The minimum atomic E-state index is -0.726. The molecule has 0 spiro atoms. The van der Waals surface area contributed by atoms with Crippen LogP contribution in [0.3, 0.4) is 0 Å². The predicted octanol–water partition coefficient (Wildman–Crippen LogP) is 3.35. The van der Waals surface area contributed by atoms with Crippen molar-refractivity contribution in [1.29, 1.82) is 0 Å². The van der Waals surface area contributed by atoms with Crippen LogP contribution in [-0.4, -0.2) is 53.7 Å². The Balaban J connectivity index is 1.47. The highest BCUT2D eigenvalue weighted by atomic mass is 35.5. The predicted molar refractivity (Wildman–Crippen MR) is 121 cm³/mol. The van der Waals surface area contributed by atoms with E-state index in [1.54, 1.807) is 55.5 Å². The van der Waals surface area contributed by atoms with Crippen LogP contribution in [0, 0.1) is 11.8 Å². The fourth-order valence-corrected chi connectivity index (χ4v) is 5.64. The smallest absolute Gasteiger partial charge is 0.338 e. The molecule has 0 radical (unpaired) electrons. The van der Waals surface area contributed by atoms with E-state index in [0.717, 1.165) is 12.8 Å².